The Morgan fingerprint density at radius 2 is 1.33 bits per heavy atom. The van der Waals surface area contributed by atoms with Crippen molar-refractivity contribution in [1.29, 1.82) is 0 Å². The molecule has 39 heavy (non-hydrogen) atoms. The van der Waals surface area contributed by atoms with Crippen LogP contribution in [0, 0.1) is 17.8 Å². The number of rotatable bonds is 5. The average molecular weight is 584 g/mol. The van der Waals surface area contributed by atoms with E-state index in [4.69, 9.17) is 39.5 Å². The number of carbonyl (C=O) groups is 3. The van der Waals surface area contributed by atoms with Crippen molar-refractivity contribution < 1.29 is 19.1 Å². The van der Waals surface area contributed by atoms with E-state index in [2.05, 4.69) is 5.32 Å². The van der Waals surface area contributed by atoms with Crippen LogP contribution >= 0.6 is 34.8 Å². The molecule has 1 heterocycles. The minimum Gasteiger partial charge on any atom is -0.495 e. The Bertz CT molecular complexity index is 1430. The standard InChI is InChI=1S/C30H25Cl3N2O4/c1-15(2)25(26(36)34-21-14-16(31)12-13-22(21)39-3)35-27(37)23-24(28(35)38)30(33)18-9-5-4-8-17(18)29(23,32)19-10-6-7-11-20(19)30/h4-15,23-25H,1-3H3,(H,34,36)/t23-,24+,25-,29?,30?/m0/s1. The summed E-state index contributed by atoms with van der Waals surface area (Å²) in [5.74, 6) is -3.55. The number of alkyl halides is 2. The minimum atomic E-state index is -1.32. The maximum absolute atomic E-state index is 14.3. The monoisotopic (exact) mass is 582 g/mol. The number of ether oxygens (including phenoxy) is 1. The third-order valence-corrected chi connectivity index (χ3v) is 9.74. The summed E-state index contributed by atoms with van der Waals surface area (Å²) in [5, 5.41) is 3.21. The van der Waals surface area contributed by atoms with E-state index in [1.165, 1.54) is 7.11 Å². The average Bonchev–Trinajstić information content (AvgIpc) is 3.18. The van der Waals surface area contributed by atoms with Crippen LogP contribution in [0.2, 0.25) is 5.02 Å². The minimum absolute atomic E-state index is 0.333. The van der Waals surface area contributed by atoms with E-state index >= 15 is 0 Å². The molecule has 7 rings (SSSR count). The lowest BCUT2D eigenvalue weighted by Crippen LogP contribution is -2.57. The van der Waals surface area contributed by atoms with Crippen LogP contribution in [0.15, 0.2) is 66.7 Å². The first-order chi connectivity index (χ1) is 18.6. The number of likely N-dealkylation sites (tertiary alicyclic amines) is 1. The van der Waals surface area contributed by atoms with Gasteiger partial charge in [-0.25, -0.2) is 0 Å². The van der Waals surface area contributed by atoms with E-state index in [1.807, 2.05) is 48.5 Å². The molecule has 0 radical (unpaired) electrons. The van der Waals surface area contributed by atoms with Crippen LogP contribution in [0.25, 0.3) is 0 Å². The van der Waals surface area contributed by atoms with Crippen molar-refractivity contribution in [2.75, 3.05) is 12.4 Å². The molecule has 1 N–H and O–H groups in total. The molecule has 0 aromatic heterocycles. The number of hydrogen-bond donors (Lipinski definition) is 1. The molecule has 0 saturated carbocycles. The summed E-state index contributed by atoms with van der Waals surface area (Å²) in [7, 11) is 1.47. The predicted molar refractivity (Wildman–Crippen MR) is 150 cm³/mol. The van der Waals surface area contributed by atoms with Crippen molar-refractivity contribution >= 4 is 58.2 Å². The summed E-state index contributed by atoms with van der Waals surface area (Å²) in [5.41, 5.74) is 3.16. The van der Waals surface area contributed by atoms with E-state index in [1.54, 1.807) is 32.0 Å². The lowest BCUT2D eigenvalue weighted by Gasteiger charge is -2.54. The largest absolute Gasteiger partial charge is 0.495 e. The summed E-state index contributed by atoms with van der Waals surface area (Å²) < 4.78 is 5.37. The molecule has 1 aliphatic heterocycles. The first kappa shape index (κ1) is 26.2. The Balaban J connectivity index is 1.47. The second-order valence-corrected chi connectivity index (χ2v) is 12.2. The summed E-state index contributed by atoms with van der Waals surface area (Å²) in [6.45, 7) is 3.57. The number of nitrogens with one attached hydrogen (secondary N) is 1. The number of methoxy groups -OCH3 is 1. The number of carbonyl (C=O) groups excluding carboxylic acids is 3. The van der Waals surface area contributed by atoms with Gasteiger partial charge in [0.1, 0.15) is 21.5 Å². The second-order valence-electron chi connectivity index (χ2n) is 10.5. The van der Waals surface area contributed by atoms with Gasteiger partial charge in [-0.2, -0.15) is 0 Å². The quantitative estimate of drug-likeness (QED) is 0.300. The van der Waals surface area contributed by atoms with Crippen molar-refractivity contribution in [2.45, 2.75) is 29.6 Å². The van der Waals surface area contributed by atoms with E-state index < -0.39 is 51.3 Å². The Morgan fingerprint density at radius 1 is 0.872 bits per heavy atom. The summed E-state index contributed by atoms with van der Waals surface area (Å²) >= 11 is 21.2. The third kappa shape index (κ3) is 3.38. The maximum Gasteiger partial charge on any atom is 0.248 e. The van der Waals surface area contributed by atoms with Crippen LogP contribution in [-0.2, 0) is 24.1 Å². The summed E-state index contributed by atoms with van der Waals surface area (Å²) in [6.07, 6.45) is 0. The molecular formula is C30H25Cl3N2O4. The Morgan fingerprint density at radius 3 is 1.74 bits per heavy atom. The molecular weight excluding hydrogens is 559 g/mol. The molecule has 2 bridgehead atoms. The molecule has 200 valence electrons. The van der Waals surface area contributed by atoms with Gasteiger partial charge in [-0.3, -0.25) is 19.3 Å². The number of halogens is 3. The first-order valence-electron chi connectivity index (χ1n) is 12.7. The van der Waals surface area contributed by atoms with Gasteiger partial charge in [0.2, 0.25) is 17.7 Å². The zero-order valence-corrected chi connectivity index (χ0v) is 23.6. The highest BCUT2D eigenvalue weighted by Crippen LogP contribution is 2.69. The highest BCUT2D eigenvalue weighted by molar-refractivity contribution is 6.36. The van der Waals surface area contributed by atoms with E-state index in [-0.39, 0.29) is 0 Å². The van der Waals surface area contributed by atoms with E-state index in [0.717, 1.165) is 4.90 Å². The van der Waals surface area contributed by atoms with Crippen molar-refractivity contribution in [3.8, 4) is 5.75 Å². The molecule has 3 aliphatic carbocycles. The van der Waals surface area contributed by atoms with Crippen molar-refractivity contribution in [1.82, 2.24) is 4.90 Å². The molecule has 6 nitrogen and oxygen atoms in total. The number of nitrogens with zero attached hydrogens (tertiary/aromatic N) is 1. The van der Waals surface area contributed by atoms with Gasteiger partial charge in [0, 0.05) is 5.02 Å². The van der Waals surface area contributed by atoms with Crippen LogP contribution in [0.3, 0.4) is 0 Å². The van der Waals surface area contributed by atoms with Gasteiger partial charge in [-0.15, -0.1) is 23.2 Å². The van der Waals surface area contributed by atoms with Crippen LogP contribution in [-0.4, -0.2) is 35.8 Å². The van der Waals surface area contributed by atoms with Gasteiger partial charge >= 0.3 is 0 Å². The van der Waals surface area contributed by atoms with Crippen LogP contribution < -0.4 is 10.1 Å². The predicted octanol–water partition coefficient (Wildman–Crippen LogP) is 5.90. The number of amides is 3. The number of hydrogen-bond acceptors (Lipinski definition) is 4. The number of anilines is 1. The van der Waals surface area contributed by atoms with Crippen molar-refractivity contribution in [3.05, 3.63) is 94.0 Å². The number of benzene rings is 3. The smallest absolute Gasteiger partial charge is 0.248 e. The zero-order valence-electron chi connectivity index (χ0n) is 21.4. The normalized spacial score (nSPS) is 27.2. The van der Waals surface area contributed by atoms with Gasteiger partial charge in [0.15, 0.2) is 0 Å². The number of imide groups is 1. The summed E-state index contributed by atoms with van der Waals surface area (Å²) in [4.78, 5) is 40.9. The van der Waals surface area contributed by atoms with E-state index in [9.17, 15) is 14.4 Å². The molecule has 3 amide bonds. The van der Waals surface area contributed by atoms with Crippen molar-refractivity contribution in [3.63, 3.8) is 0 Å². The van der Waals surface area contributed by atoms with Crippen LogP contribution in [0.5, 0.6) is 5.75 Å². The zero-order chi connectivity index (χ0) is 27.9. The molecule has 1 fully saturated rings. The maximum atomic E-state index is 14.3. The first-order valence-corrected chi connectivity index (χ1v) is 13.8. The molecule has 1 saturated heterocycles. The fraction of sp³-hybridized carbons (Fsp3) is 0.300. The van der Waals surface area contributed by atoms with Crippen LogP contribution in [0.1, 0.15) is 36.1 Å². The van der Waals surface area contributed by atoms with Gasteiger partial charge < -0.3 is 10.1 Å². The Kier molecular flexibility index (Phi) is 6.03. The topological polar surface area (TPSA) is 75.7 Å². The molecule has 3 aromatic carbocycles. The fourth-order valence-corrected chi connectivity index (χ4v) is 7.94. The third-order valence-electron chi connectivity index (χ3n) is 8.22. The second kappa shape index (κ2) is 8.98. The highest BCUT2D eigenvalue weighted by Gasteiger charge is 2.73. The summed E-state index contributed by atoms with van der Waals surface area (Å²) in [6, 6.07) is 18.6. The van der Waals surface area contributed by atoms with Gasteiger partial charge in [-0.1, -0.05) is 74.0 Å². The van der Waals surface area contributed by atoms with Crippen molar-refractivity contribution in [2.24, 2.45) is 17.8 Å². The van der Waals surface area contributed by atoms with Gasteiger partial charge in [0.05, 0.1) is 24.6 Å². The molecule has 0 unspecified atom stereocenters. The van der Waals surface area contributed by atoms with Gasteiger partial charge in [-0.05, 0) is 46.4 Å². The fourth-order valence-electron chi connectivity index (χ4n) is 6.67. The Labute approximate surface area is 241 Å². The lowest BCUT2D eigenvalue weighted by atomic mass is 9.54. The van der Waals surface area contributed by atoms with Gasteiger partial charge in [0.25, 0.3) is 0 Å². The van der Waals surface area contributed by atoms with E-state index in [0.29, 0.717) is 38.7 Å². The Hall–Kier alpha value is -3.06. The molecule has 9 heteroatoms. The molecule has 4 aliphatic rings. The SMILES string of the molecule is COc1ccc(Cl)cc1NC(=O)[C@H](C(C)C)N1C(=O)[C@@H]2[C@H](C1=O)C1(Cl)c3ccccc3C2(Cl)c2ccccc21. The molecule has 3 atom stereocenters. The van der Waals surface area contributed by atoms with Crippen LogP contribution in [0.4, 0.5) is 5.69 Å². The molecule has 0 spiro atoms. The lowest BCUT2D eigenvalue weighted by molar-refractivity contribution is -0.148. The highest BCUT2D eigenvalue weighted by atomic mass is 35.5. The molecule has 3 aromatic rings.